The number of nitrogens with one attached hydrogen (secondary N) is 1. The van der Waals surface area contributed by atoms with E-state index in [1.54, 1.807) is 0 Å². The second-order valence-corrected chi connectivity index (χ2v) is 10.00. The van der Waals surface area contributed by atoms with E-state index in [2.05, 4.69) is 34.1 Å². The Bertz CT molecular complexity index is 1100. The van der Waals surface area contributed by atoms with E-state index >= 15 is 0 Å². The topological polar surface area (TPSA) is 114 Å². The molecule has 3 rings (SSSR count). The number of aliphatic hydroxyl groups excluding tert-OH is 1. The number of ether oxygens (including phenoxy) is 2. The number of phenols is 1. The van der Waals surface area contributed by atoms with Crippen LogP contribution in [0, 0.1) is 0 Å². The van der Waals surface area contributed by atoms with Gasteiger partial charge in [0.2, 0.25) is 0 Å². The highest BCUT2D eigenvalue weighted by Crippen LogP contribution is 2.42. The molecule has 1 aromatic heterocycles. The summed E-state index contributed by atoms with van der Waals surface area (Å²) in [5.74, 6) is -0.140. The van der Waals surface area contributed by atoms with Crippen molar-refractivity contribution < 1.29 is 37.7 Å². The Morgan fingerprint density at radius 2 is 1.90 bits per heavy atom. The first-order chi connectivity index (χ1) is 19.6. The number of aromatic hydroxyl groups is 1. The van der Waals surface area contributed by atoms with Crippen LogP contribution in [0.1, 0.15) is 101 Å². The lowest BCUT2D eigenvalue weighted by atomic mass is 9.93. The Hall–Kier alpha value is -2.92. The Kier molecular flexibility index (Phi) is 14.3. The molecule has 3 N–H and O–H groups in total. The van der Waals surface area contributed by atoms with E-state index in [9.17, 15) is 28.2 Å². The molecule has 0 fully saturated rings. The zero-order chi connectivity index (χ0) is 30.4. The van der Waals surface area contributed by atoms with Crippen molar-refractivity contribution in [2.45, 2.75) is 111 Å². The zero-order valence-electron chi connectivity index (χ0n) is 24.6. The van der Waals surface area contributed by atoms with Crippen LogP contribution in [0.4, 0.5) is 19.0 Å². The normalized spacial score (nSPS) is 13.9. The first-order valence-electron chi connectivity index (χ1n) is 14.5. The van der Waals surface area contributed by atoms with E-state index in [-0.39, 0.29) is 42.0 Å². The summed E-state index contributed by atoms with van der Waals surface area (Å²) in [5.41, 5.74) is 0.922. The van der Waals surface area contributed by atoms with Gasteiger partial charge in [0.15, 0.2) is 5.82 Å². The molecule has 230 valence electrons. The zero-order valence-corrected chi connectivity index (χ0v) is 24.6. The Balaban J connectivity index is 0.000000642. The van der Waals surface area contributed by atoms with Crippen molar-refractivity contribution in [1.29, 1.82) is 0 Å². The van der Waals surface area contributed by atoms with Crippen LogP contribution in [0.15, 0.2) is 12.1 Å². The third kappa shape index (κ3) is 10.1. The van der Waals surface area contributed by atoms with Gasteiger partial charge < -0.3 is 25.0 Å². The number of esters is 1. The predicted molar refractivity (Wildman–Crippen MR) is 151 cm³/mol. The summed E-state index contributed by atoms with van der Waals surface area (Å²) in [6, 6.07) is 1.86. The molecule has 1 aliphatic heterocycles. The van der Waals surface area contributed by atoms with Crippen molar-refractivity contribution in [2.75, 3.05) is 18.5 Å². The van der Waals surface area contributed by atoms with Crippen LogP contribution >= 0.6 is 0 Å². The van der Waals surface area contributed by atoms with Crippen molar-refractivity contribution in [3.05, 3.63) is 34.4 Å². The van der Waals surface area contributed by atoms with Crippen LogP contribution in [-0.4, -0.2) is 45.6 Å². The molecule has 1 unspecified atom stereocenters. The molecule has 1 aromatic carbocycles. The van der Waals surface area contributed by atoms with Crippen molar-refractivity contribution >= 4 is 11.8 Å². The number of fused-ring (bicyclic) bond motifs is 3. The van der Waals surface area contributed by atoms with Gasteiger partial charge in [0.25, 0.3) is 0 Å². The van der Waals surface area contributed by atoms with E-state index in [0.29, 0.717) is 55.5 Å². The Labute approximate surface area is 240 Å². The van der Waals surface area contributed by atoms with Crippen LogP contribution < -0.4 is 5.32 Å². The monoisotopic (exact) mass is 583 g/mol. The first-order valence-corrected chi connectivity index (χ1v) is 14.5. The van der Waals surface area contributed by atoms with Gasteiger partial charge in [-0.1, -0.05) is 40.0 Å². The number of alkyl halides is 3. The molecule has 0 aliphatic carbocycles. The summed E-state index contributed by atoms with van der Waals surface area (Å²) in [6.45, 7) is 8.44. The third-order valence-electron chi connectivity index (χ3n) is 6.83. The fourth-order valence-electron chi connectivity index (χ4n) is 4.68. The smallest absolute Gasteiger partial charge is 0.416 e. The van der Waals surface area contributed by atoms with Crippen LogP contribution in [0.5, 0.6) is 5.75 Å². The molecule has 0 saturated carbocycles. The summed E-state index contributed by atoms with van der Waals surface area (Å²) in [7, 11) is 0. The second-order valence-electron chi connectivity index (χ2n) is 10.00. The minimum Gasteiger partial charge on any atom is -0.507 e. The molecule has 0 radical (unpaired) electrons. The maximum Gasteiger partial charge on any atom is 0.416 e. The molecule has 1 aliphatic rings. The molecule has 0 spiro atoms. The molecular formula is C30H44F3N3O5. The molecule has 11 heteroatoms. The lowest BCUT2D eigenvalue weighted by Gasteiger charge is -2.22. The summed E-state index contributed by atoms with van der Waals surface area (Å²) >= 11 is 0. The highest BCUT2D eigenvalue weighted by Gasteiger charge is 2.33. The van der Waals surface area contributed by atoms with E-state index in [1.165, 1.54) is 0 Å². The first kappa shape index (κ1) is 34.3. The lowest BCUT2D eigenvalue weighted by molar-refractivity contribution is -0.143. The lowest BCUT2D eigenvalue weighted by Crippen LogP contribution is -2.21. The quantitative estimate of drug-likeness (QED) is 0.193. The Morgan fingerprint density at radius 3 is 2.51 bits per heavy atom. The number of benzene rings is 1. The van der Waals surface area contributed by atoms with Crippen LogP contribution in [-0.2, 0) is 40.1 Å². The molecular weight excluding hydrogens is 539 g/mol. The number of phenolic OH excluding ortho intramolecular Hbond substituents is 1. The minimum absolute atomic E-state index is 0.0856. The number of hydrogen-bond acceptors (Lipinski definition) is 8. The number of hydrogen-bond donors (Lipinski definition) is 3. The van der Waals surface area contributed by atoms with E-state index in [4.69, 9.17) is 4.74 Å². The van der Waals surface area contributed by atoms with Gasteiger partial charge in [-0.15, -0.1) is 10.2 Å². The average Bonchev–Trinajstić information content (AvgIpc) is 3.01. The number of halogens is 3. The van der Waals surface area contributed by atoms with Crippen LogP contribution in [0.3, 0.4) is 0 Å². The third-order valence-corrected chi connectivity index (χ3v) is 6.83. The second kappa shape index (κ2) is 17.1. The summed E-state index contributed by atoms with van der Waals surface area (Å²) in [5, 5.41) is 32.8. The number of aliphatic hydroxyl groups is 1. The van der Waals surface area contributed by atoms with Crippen LogP contribution in [0.2, 0.25) is 0 Å². The number of unbranched alkanes of at least 4 members (excludes halogenated alkanes) is 2. The van der Waals surface area contributed by atoms with E-state index < -0.39 is 17.5 Å². The van der Waals surface area contributed by atoms with Gasteiger partial charge in [-0.25, -0.2) is 0 Å². The molecule has 1 atom stereocenters. The number of anilines is 1. The minimum atomic E-state index is -4.60. The molecule has 8 nitrogen and oxygen atoms in total. The molecule has 41 heavy (non-hydrogen) atoms. The largest absolute Gasteiger partial charge is 0.507 e. The summed E-state index contributed by atoms with van der Waals surface area (Å²) in [6.07, 6.45) is 3.09. The number of carbonyl (C=O) groups excluding carboxylic acids is 1. The predicted octanol–water partition coefficient (Wildman–Crippen LogP) is 6.94. The van der Waals surface area contributed by atoms with Gasteiger partial charge in [0, 0.05) is 30.2 Å². The molecule has 2 heterocycles. The van der Waals surface area contributed by atoms with E-state index in [1.807, 2.05) is 13.8 Å². The SMILES string of the molecule is CCCC(=O)OCC.CCCCCC(CC)Nc1nnc2c(c1CO)CCCOCc1cc(C(F)(F)F)cc(O)c1-2. The van der Waals surface area contributed by atoms with Crippen molar-refractivity contribution in [2.24, 2.45) is 0 Å². The summed E-state index contributed by atoms with van der Waals surface area (Å²) < 4.78 is 50.2. The van der Waals surface area contributed by atoms with Crippen molar-refractivity contribution in [1.82, 2.24) is 10.2 Å². The standard InChI is InChI=1S/C24H32F3N3O3.C6H12O2/c1-3-5-6-8-17(4-2)28-23-19(13-31)18-9-7-10-33-14-15-11-16(24(25,26)27)12-20(32)21(15)22(18)29-30-23;1-3-5-6(7)8-4-2/h11-12,17,31-32H,3-10,13-14H2,1-2H3,(H,28,30);3-5H2,1-2H3. The van der Waals surface area contributed by atoms with Gasteiger partial charge in [-0.05, 0) is 62.3 Å². The van der Waals surface area contributed by atoms with Crippen molar-refractivity contribution in [3.63, 3.8) is 0 Å². The fraction of sp³-hybridized carbons (Fsp3) is 0.633. The molecule has 0 saturated heterocycles. The van der Waals surface area contributed by atoms with Crippen LogP contribution in [0.25, 0.3) is 11.3 Å². The summed E-state index contributed by atoms with van der Waals surface area (Å²) in [4.78, 5) is 10.4. The van der Waals surface area contributed by atoms with Crippen molar-refractivity contribution in [3.8, 4) is 17.0 Å². The van der Waals surface area contributed by atoms with Gasteiger partial charge >= 0.3 is 12.1 Å². The molecule has 0 bridgehead atoms. The van der Waals surface area contributed by atoms with Gasteiger partial charge in [0.1, 0.15) is 11.4 Å². The molecule has 0 amide bonds. The highest BCUT2D eigenvalue weighted by atomic mass is 19.4. The number of aromatic nitrogens is 2. The number of rotatable bonds is 11. The number of carbonyl (C=O) groups is 1. The Morgan fingerprint density at radius 1 is 1.15 bits per heavy atom. The van der Waals surface area contributed by atoms with Gasteiger partial charge in [-0.2, -0.15) is 13.2 Å². The highest BCUT2D eigenvalue weighted by molar-refractivity contribution is 5.76. The average molecular weight is 584 g/mol. The maximum absolute atomic E-state index is 13.3. The molecule has 2 aromatic rings. The number of nitrogens with zero attached hydrogens (tertiary/aromatic N) is 2. The van der Waals surface area contributed by atoms with Gasteiger partial charge in [-0.3, -0.25) is 4.79 Å². The van der Waals surface area contributed by atoms with Gasteiger partial charge in [0.05, 0.1) is 25.4 Å². The maximum atomic E-state index is 13.3. The fourth-order valence-corrected chi connectivity index (χ4v) is 4.68. The van der Waals surface area contributed by atoms with E-state index in [0.717, 1.165) is 44.6 Å².